The number of carbonyl (C=O) groups is 1. The summed E-state index contributed by atoms with van der Waals surface area (Å²) in [6, 6.07) is 0. The zero-order valence-corrected chi connectivity index (χ0v) is 16.8. The Hall–Kier alpha value is -2.33. The summed E-state index contributed by atoms with van der Waals surface area (Å²) in [7, 11) is 1.64. The van der Waals surface area contributed by atoms with Gasteiger partial charge in [-0.1, -0.05) is 17.8 Å². The molecule has 10 heteroatoms. The molecule has 0 saturated carbocycles. The van der Waals surface area contributed by atoms with Crippen molar-refractivity contribution in [3.05, 3.63) is 18.9 Å². The third-order valence-corrected chi connectivity index (χ3v) is 4.55. The van der Waals surface area contributed by atoms with Gasteiger partial charge in [0.1, 0.15) is 5.56 Å². The highest BCUT2D eigenvalue weighted by Crippen LogP contribution is 2.30. The van der Waals surface area contributed by atoms with E-state index >= 15 is 0 Å². The second kappa shape index (κ2) is 10.7. The van der Waals surface area contributed by atoms with Crippen LogP contribution in [-0.2, 0) is 22.6 Å². The van der Waals surface area contributed by atoms with Gasteiger partial charge in [-0.3, -0.25) is 14.0 Å². The first-order valence-corrected chi connectivity index (χ1v) is 9.76. The number of rotatable bonds is 12. The molecule has 9 nitrogen and oxygen atoms in total. The molecule has 1 amide bonds. The van der Waals surface area contributed by atoms with E-state index in [1.54, 1.807) is 17.9 Å². The largest absolute Gasteiger partial charge is 0.476 e. The predicted molar refractivity (Wildman–Crippen MR) is 104 cm³/mol. The van der Waals surface area contributed by atoms with Gasteiger partial charge in [-0.15, -0.1) is 21.9 Å². The highest BCUT2D eigenvalue weighted by atomic mass is 32.2. The number of amides is 1. The summed E-state index contributed by atoms with van der Waals surface area (Å²) in [5, 5.41) is 16.4. The first kappa shape index (κ1) is 21.0. The van der Waals surface area contributed by atoms with E-state index in [9.17, 15) is 4.79 Å². The number of hydrogen-bond donors (Lipinski definition) is 1. The zero-order valence-electron chi connectivity index (χ0n) is 16.0. The molecule has 0 atom stereocenters. The number of aromatic nitrogens is 5. The van der Waals surface area contributed by atoms with Crippen LogP contribution >= 0.6 is 11.8 Å². The van der Waals surface area contributed by atoms with E-state index in [-0.39, 0.29) is 11.7 Å². The summed E-state index contributed by atoms with van der Waals surface area (Å²) in [5.74, 6) is 1.32. The van der Waals surface area contributed by atoms with Crippen LogP contribution in [0.4, 0.5) is 0 Å². The van der Waals surface area contributed by atoms with E-state index < -0.39 is 0 Å². The maximum atomic E-state index is 11.9. The Balaban J connectivity index is 2.28. The quantitative estimate of drug-likeness (QED) is 0.431. The molecule has 0 spiro atoms. The van der Waals surface area contributed by atoms with E-state index in [0.29, 0.717) is 43.2 Å². The Morgan fingerprint density at radius 3 is 2.89 bits per heavy atom. The predicted octanol–water partition coefficient (Wildman–Crippen LogP) is 1.60. The van der Waals surface area contributed by atoms with Crippen molar-refractivity contribution >= 4 is 17.7 Å². The second-order valence-corrected chi connectivity index (χ2v) is 6.41. The van der Waals surface area contributed by atoms with Crippen LogP contribution in [0.5, 0.6) is 5.88 Å². The number of carbonyl (C=O) groups excluding carboxylic acids is 1. The average molecular weight is 395 g/mol. The number of nitrogens with zero attached hydrogens (tertiary/aromatic N) is 5. The van der Waals surface area contributed by atoms with Crippen LogP contribution in [0, 0.1) is 0 Å². The number of methoxy groups -OCH3 is 1. The molecular formula is C17H26N6O3S. The highest BCUT2D eigenvalue weighted by Gasteiger charge is 2.21. The van der Waals surface area contributed by atoms with E-state index in [4.69, 9.17) is 9.47 Å². The van der Waals surface area contributed by atoms with Gasteiger partial charge in [-0.25, -0.2) is 0 Å². The normalized spacial score (nSPS) is 10.8. The van der Waals surface area contributed by atoms with Crippen molar-refractivity contribution in [2.75, 3.05) is 32.6 Å². The summed E-state index contributed by atoms with van der Waals surface area (Å²) in [6.45, 7) is 10.2. The molecule has 0 saturated heterocycles. The standard InChI is InChI=1S/C17H26N6O3S/c1-5-8-18-14(24)12-27-17-20-19-15(23(17)9-10-25-4)13-11-22(6-2)21-16(13)26-7-3/h5,11H,1,6-10,12H2,2-4H3,(H,18,24). The molecule has 0 bridgehead atoms. The molecule has 0 aliphatic rings. The second-order valence-electron chi connectivity index (χ2n) is 5.47. The van der Waals surface area contributed by atoms with Crippen LogP contribution in [0.3, 0.4) is 0 Å². The minimum atomic E-state index is -0.0865. The third-order valence-electron chi connectivity index (χ3n) is 3.59. The summed E-state index contributed by atoms with van der Waals surface area (Å²) >= 11 is 1.32. The SMILES string of the molecule is C=CCNC(=O)CSc1nnc(-c2cn(CC)nc2OCC)n1CCOC. The van der Waals surface area contributed by atoms with Crippen molar-refractivity contribution in [1.29, 1.82) is 0 Å². The van der Waals surface area contributed by atoms with Gasteiger partial charge in [0.15, 0.2) is 11.0 Å². The van der Waals surface area contributed by atoms with Crippen molar-refractivity contribution in [1.82, 2.24) is 29.9 Å². The van der Waals surface area contributed by atoms with Crippen molar-refractivity contribution in [2.24, 2.45) is 0 Å². The summed E-state index contributed by atoms with van der Waals surface area (Å²) in [4.78, 5) is 11.9. The van der Waals surface area contributed by atoms with Crippen LogP contribution in [0.25, 0.3) is 11.4 Å². The smallest absolute Gasteiger partial charge is 0.243 e. The van der Waals surface area contributed by atoms with E-state index in [1.165, 1.54) is 11.8 Å². The van der Waals surface area contributed by atoms with Gasteiger partial charge in [0.05, 0.1) is 25.5 Å². The van der Waals surface area contributed by atoms with E-state index in [2.05, 4.69) is 27.2 Å². The molecule has 0 aliphatic heterocycles. The summed E-state index contributed by atoms with van der Waals surface area (Å²) in [6.07, 6.45) is 3.53. The number of thioether (sulfide) groups is 1. The molecule has 1 N–H and O–H groups in total. The fourth-order valence-corrected chi connectivity index (χ4v) is 3.10. The van der Waals surface area contributed by atoms with E-state index in [1.807, 2.05) is 24.6 Å². The average Bonchev–Trinajstić information content (AvgIpc) is 3.26. The number of hydrogen-bond acceptors (Lipinski definition) is 7. The molecule has 148 valence electrons. The Morgan fingerprint density at radius 1 is 1.41 bits per heavy atom. The van der Waals surface area contributed by atoms with Gasteiger partial charge in [0.25, 0.3) is 0 Å². The van der Waals surface area contributed by atoms with Gasteiger partial charge in [-0.2, -0.15) is 0 Å². The maximum absolute atomic E-state index is 11.9. The molecule has 0 aliphatic carbocycles. The Labute approximate surface area is 163 Å². The van der Waals surface area contributed by atoms with Crippen molar-refractivity contribution in [3.8, 4) is 17.3 Å². The van der Waals surface area contributed by atoms with Crippen molar-refractivity contribution in [2.45, 2.75) is 32.1 Å². The molecule has 0 radical (unpaired) electrons. The Bertz CT molecular complexity index is 758. The van der Waals surface area contributed by atoms with Crippen LogP contribution in [0.15, 0.2) is 24.0 Å². The monoisotopic (exact) mass is 394 g/mol. The minimum absolute atomic E-state index is 0.0865. The zero-order chi connectivity index (χ0) is 19.6. The van der Waals surface area contributed by atoms with Gasteiger partial charge in [-0.05, 0) is 13.8 Å². The molecule has 2 heterocycles. The van der Waals surface area contributed by atoms with Crippen LogP contribution in [-0.4, -0.2) is 63.1 Å². The summed E-state index contributed by atoms with van der Waals surface area (Å²) in [5.41, 5.74) is 0.769. The highest BCUT2D eigenvalue weighted by molar-refractivity contribution is 7.99. The van der Waals surface area contributed by atoms with Gasteiger partial charge in [0.2, 0.25) is 11.8 Å². The first-order chi connectivity index (χ1) is 13.1. The topological polar surface area (TPSA) is 96.1 Å². The summed E-state index contributed by atoms with van der Waals surface area (Å²) < 4.78 is 14.6. The number of aryl methyl sites for hydroxylation is 1. The Morgan fingerprint density at radius 2 is 2.22 bits per heavy atom. The third kappa shape index (κ3) is 5.57. The number of ether oxygens (including phenoxy) is 2. The molecule has 0 aromatic carbocycles. The van der Waals surface area contributed by atoms with Crippen molar-refractivity contribution in [3.63, 3.8) is 0 Å². The van der Waals surface area contributed by atoms with Crippen molar-refractivity contribution < 1.29 is 14.3 Å². The lowest BCUT2D eigenvalue weighted by molar-refractivity contribution is -0.118. The molecule has 2 aromatic rings. The lowest BCUT2D eigenvalue weighted by Crippen LogP contribution is -2.25. The fourth-order valence-electron chi connectivity index (χ4n) is 2.31. The molecule has 0 fully saturated rings. The van der Waals surface area contributed by atoms with Gasteiger partial charge >= 0.3 is 0 Å². The maximum Gasteiger partial charge on any atom is 0.243 e. The first-order valence-electron chi connectivity index (χ1n) is 8.77. The molecule has 27 heavy (non-hydrogen) atoms. The van der Waals surface area contributed by atoms with Crippen LogP contribution in [0.2, 0.25) is 0 Å². The lowest BCUT2D eigenvalue weighted by atomic mass is 10.3. The van der Waals surface area contributed by atoms with Crippen LogP contribution in [0.1, 0.15) is 13.8 Å². The number of nitrogens with one attached hydrogen (secondary N) is 1. The molecule has 2 aromatic heterocycles. The minimum Gasteiger partial charge on any atom is -0.476 e. The molecule has 2 rings (SSSR count). The fraction of sp³-hybridized carbons (Fsp3) is 0.529. The van der Waals surface area contributed by atoms with Crippen LogP contribution < -0.4 is 10.1 Å². The lowest BCUT2D eigenvalue weighted by Gasteiger charge is -2.09. The molecule has 0 unspecified atom stereocenters. The van der Waals surface area contributed by atoms with Gasteiger partial charge in [0, 0.05) is 26.4 Å². The van der Waals surface area contributed by atoms with E-state index in [0.717, 1.165) is 12.1 Å². The van der Waals surface area contributed by atoms with Gasteiger partial charge < -0.3 is 14.8 Å². The molecular weight excluding hydrogens is 368 g/mol. The Kier molecular flexibility index (Phi) is 8.34.